The third-order valence-electron chi connectivity index (χ3n) is 2.86. The summed E-state index contributed by atoms with van der Waals surface area (Å²) in [7, 11) is 1.85. The summed E-state index contributed by atoms with van der Waals surface area (Å²) in [4.78, 5) is 11.1. The van der Waals surface area contributed by atoms with Crippen molar-refractivity contribution >= 4 is 5.82 Å². The van der Waals surface area contributed by atoms with E-state index in [1.165, 1.54) is 19.5 Å². The molecule has 1 fully saturated rings. The zero-order valence-corrected chi connectivity index (χ0v) is 9.40. The highest BCUT2D eigenvalue weighted by Gasteiger charge is 2.18. The van der Waals surface area contributed by atoms with E-state index in [1.807, 2.05) is 13.2 Å². The zero-order valence-electron chi connectivity index (χ0n) is 9.40. The maximum Gasteiger partial charge on any atom is 0.144 e. The summed E-state index contributed by atoms with van der Waals surface area (Å²) in [5.41, 5.74) is 1.06. The standard InChI is InChI=1S/C11H18N4/c1-9-3-4-15(7-9)8-10-5-14-11(12-2)6-13-10/h5-6,9H,3-4,7-8H2,1-2H3,(H,12,14). The second-order valence-corrected chi connectivity index (χ2v) is 4.27. The first-order chi connectivity index (χ1) is 7.28. The molecular formula is C11H18N4. The number of nitrogens with one attached hydrogen (secondary N) is 1. The van der Waals surface area contributed by atoms with E-state index in [1.54, 1.807) is 6.20 Å². The Kier molecular flexibility index (Phi) is 3.16. The van der Waals surface area contributed by atoms with Gasteiger partial charge >= 0.3 is 0 Å². The molecule has 2 heterocycles. The van der Waals surface area contributed by atoms with Crippen molar-refractivity contribution in [1.82, 2.24) is 14.9 Å². The number of hydrogen-bond acceptors (Lipinski definition) is 4. The summed E-state index contributed by atoms with van der Waals surface area (Å²) in [6, 6.07) is 0. The Hall–Kier alpha value is -1.16. The second kappa shape index (κ2) is 4.57. The van der Waals surface area contributed by atoms with Crippen LogP contribution >= 0.6 is 0 Å². The summed E-state index contributed by atoms with van der Waals surface area (Å²) in [5.74, 6) is 1.66. The predicted molar refractivity (Wildman–Crippen MR) is 60.6 cm³/mol. The summed E-state index contributed by atoms with van der Waals surface area (Å²) >= 11 is 0. The van der Waals surface area contributed by atoms with E-state index < -0.39 is 0 Å². The maximum absolute atomic E-state index is 4.37. The van der Waals surface area contributed by atoms with Gasteiger partial charge in [0, 0.05) is 20.1 Å². The van der Waals surface area contributed by atoms with Crippen LogP contribution < -0.4 is 5.32 Å². The molecule has 0 radical (unpaired) electrons. The van der Waals surface area contributed by atoms with Crippen LogP contribution in [0.4, 0.5) is 5.82 Å². The van der Waals surface area contributed by atoms with Crippen LogP contribution in [0.5, 0.6) is 0 Å². The van der Waals surface area contributed by atoms with Gasteiger partial charge in [-0.15, -0.1) is 0 Å². The first kappa shape index (κ1) is 10.4. The molecule has 1 aromatic heterocycles. The number of nitrogens with zero attached hydrogens (tertiary/aromatic N) is 3. The van der Waals surface area contributed by atoms with E-state index >= 15 is 0 Å². The minimum absolute atomic E-state index is 0.827. The average Bonchev–Trinajstić information content (AvgIpc) is 2.65. The van der Waals surface area contributed by atoms with Gasteiger partial charge in [-0.2, -0.15) is 0 Å². The third-order valence-corrected chi connectivity index (χ3v) is 2.86. The molecule has 2 rings (SSSR count). The minimum atomic E-state index is 0.827. The Labute approximate surface area is 90.7 Å². The highest BCUT2D eigenvalue weighted by Crippen LogP contribution is 2.16. The van der Waals surface area contributed by atoms with Gasteiger partial charge < -0.3 is 5.32 Å². The van der Waals surface area contributed by atoms with Crippen molar-refractivity contribution in [2.75, 3.05) is 25.5 Å². The van der Waals surface area contributed by atoms with E-state index in [-0.39, 0.29) is 0 Å². The van der Waals surface area contributed by atoms with Crippen LogP contribution in [0.3, 0.4) is 0 Å². The normalized spacial score (nSPS) is 21.9. The molecule has 0 aliphatic carbocycles. The van der Waals surface area contributed by atoms with Crippen molar-refractivity contribution in [2.24, 2.45) is 5.92 Å². The topological polar surface area (TPSA) is 41.1 Å². The maximum atomic E-state index is 4.37. The lowest BCUT2D eigenvalue weighted by Crippen LogP contribution is -2.20. The molecule has 1 N–H and O–H groups in total. The van der Waals surface area contributed by atoms with Crippen molar-refractivity contribution < 1.29 is 0 Å². The first-order valence-corrected chi connectivity index (χ1v) is 5.49. The quantitative estimate of drug-likeness (QED) is 0.810. The number of hydrogen-bond donors (Lipinski definition) is 1. The lowest BCUT2D eigenvalue weighted by molar-refractivity contribution is 0.316. The van der Waals surface area contributed by atoms with E-state index in [4.69, 9.17) is 0 Å². The smallest absolute Gasteiger partial charge is 0.144 e. The van der Waals surface area contributed by atoms with E-state index in [0.717, 1.165) is 24.0 Å². The van der Waals surface area contributed by atoms with Gasteiger partial charge in [-0.25, -0.2) is 4.98 Å². The molecule has 0 amide bonds. The van der Waals surface area contributed by atoms with Gasteiger partial charge in [-0.1, -0.05) is 6.92 Å². The molecule has 1 aliphatic rings. The van der Waals surface area contributed by atoms with Crippen LogP contribution in [-0.4, -0.2) is 35.0 Å². The summed E-state index contributed by atoms with van der Waals surface area (Å²) in [5, 5.41) is 2.97. The zero-order chi connectivity index (χ0) is 10.7. The van der Waals surface area contributed by atoms with Gasteiger partial charge in [0.2, 0.25) is 0 Å². The van der Waals surface area contributed by atoms with Gasteiger partial charge in [0.25, 0.3) is 0 Å². The molecular weight excluding hydrogens is 188 g/mol. The molecule has 0 bridgehead atoms. The third kappa shape index (κ3) is 2.65. The van der Waals surface area contributed by atoms with E-state index in [2.05, 4.69) is 27.1 Å². The number of likely N-dealkylation sites (tertiary alicyclic amines) is 1. The molecule has 82 valence electrons. The Morgan fingerprint density at radius 1 is 1.47 bits per heavy atom. The number of anilines is 1. The lowest BCUT2D eigenvalue weighted by Gasteiger charge is -2.14. The Morgan fingerprint density at radius 2 is 2.33 bits per heavy atom. The monoisotopic (exact) mass is 206 g/mol. The van der Waals surface area contributed by atoms with Crippen molar-refractivity contribution in [2.45, 2.75) is 19.9 Å². The molecule has 1 saturated heterocycles. The minimum Gasteiger partial charge on any atom is -0.372 e. The van der Waals surface area contributed by atoms with Crippen LogP contribution in [0.15, 0.2) is 12.4 Å². The summed E-state index contributed by atoms with van der Waals surface area (Å²) in [6.07, 6.45) is 4.95. The molecule has 0 spiro atoms. The molecule has 4 heteroatoms. The highest BCUT2D eigenvalue weighted by atomic mass is 15.2. The predicted octanol–water partition coefficient (Wildman–Crippen LogP) is 1.36. The molecule has 0 aromatic carbocycles. The summed E-state index contributed by atoms with van der Waals surface area (Å²) in [6.45, 7) is 5.61. The second-order valence-electron chi connectivity index (χ2n) is 4.27. The van der Waals surface area contributed by atoms with Crippen LogP contribution in [-0.2, 0) is 6.54 Å². The molecule has 1 atom stereocenters. The van der Waals surface area contributed by atoms with Crippen LogP contribution in [0, 0.1) is 5.92 Å². The Bertz CT molecular complexity index is 309. The summed E-state index contributed by atoms with van der Waals surface area (Å²) < 4.78 is 0. The van der Waals surface area contributed by atoms with Gasteiger partial charge in [0.05, 0.1) is 18.1 Å². The highest BCUT2D eigenvalue weighted by molar-refractivity contribution is 5.29. The molecule has 1 unspecified atom stereocenters. The SMILES string of the molecule is CNc1cnc(CN2CCC(C)C2)cn1. The van der Waals surface area contributed by atoms with Gasteiger partial charge in [0.15, 0.2) is 0 Å². The van der Waals surface area contributed by atoms with Crippen LogP contribution in [0.1, 0.15) is 19.0 Å². The van der Waals surface area contributed by atoms with Crippen molar-refractivity contribution in [3.63, 3.8) is 0 Å². The van der Waals surface area contributed by atoms with Crippen molar-refractivity contribution in [3.05, 3.63) is 18.1 Å². The number of rotatable bonds is 3. The Morgan fingerprint density at radius 3 is 2.87 bits per heavy atom. The largest absolute Gasteiger partial charge is 0.372 e. The van der Waals surface area contributed by atoms with Crippen molar-refractivity contribution in [3.8, 4) is 0 Å². The van der Waals surface area contributed by atoms with Gasteiger partial charge in [-0.3, -0.25) is 9.88 Å². The fourth-order valence-electron chi connectivity index (χ4n) is 1.96. The molecule has 1 aromatic rings. The van der Waals surface area contributed by atoms with E-state index in [0.29, 0.717) is 0 Å². The fourth-order valence-corrected chi connectivity index (χ4v) is 1.96. The van der Waals surface area contributed by atoms with Gasteiger partial charge in [0.1, 0.15) is 5.82 Å². The number of aromatic nitrogens is 2. The van der Waals surface area contributed by atoms with Crippen molar-refractivity contribution in [1.29, 1.82) is 0 Å². The van der Waals surface area contributed by atoms with Crippen LogP contribution in [0.25, 0.3) is 0 Å². The average molecular weight is 206 g/mol. The lowest BCUT2D eigenvalue weighted by atomic mass is 10.2. The first-order valence-electron chi connectivity index (χ1n) is 5.49. The molecule has 4 nitrogen and oxygen atoms in total. The molecule has 1 aliphatic heterocycles. The van der Waals surface area contributed by atoms with E-state index in [9.17, 15) is 0 Å². The fraction of sp³-hybridized carbons (Fsp3) is 0.636. The molecule has 0 saturated carbocycles. The molecule has 15 heavy (non-hydrogen) atoms. The van der Waals surface area contributed by atoms with Gasteiger partial charge in [-0.05, 0) is 18.9 Å². The van der Waals surface area contributed by atoms with Crippen LogP contribution in [0.2, 0.25) is 0 Å². The Balaban J connectivity index is 1.93.